The molecule has 0 aliphatic carbocycles. The largest absolute Gasteiger partial charge is 0.481 e. The quantitative estimate of drug-likeness (QED) is 0.837. The maximum Gasteiger partial charge on any atom is 0.314 e. The number of benzene rings is 1. The van der Waals surface area contributed by atoms with E-state index in [1.165, 1.54) is 0 Å². The standard InChI is InChI=1S/C14H18ClNO3/c1-2-10-8-14(13(17)18,5-6-19-10)11-7-9(15)3-4-12(11)16/h3-4,7,10H,2,5-6,8,16H2,1H3,(H,17,18). The first kappa shape index (κ1) is 14.2. The summed E-state index contributed by atoms with van der Waals surface area (Å²) in [5, 5.41) is 10.2. The monoisotopic (exact) mass is 283 g/mol. The number of carboxylic acid groups (broad SMARTS) is 1. The molecule has 3 N–H and O–H groups in total. The molecule has 0 amide bonds. The lowest BCUT2D eigenvalue weighted by molar-refractivity contribution is -0.150. The molecule has 0 radical (unpaired) electrons. The average molecular weight is 284 g/mol. The third-order valence-electron chi connectivity index (χ3n) is 3.85. The number of rotatable bonds is 3. The molecule has 1 aromatic carbocycles. The number of anilines is 1. The van der Waals surface area contributed by atoms with Crippen LogP contribution in [0, 0.1) is 0 Å². The number of aliphatic carboxylic acids is 1. The fourth-order valence-electron chi connectivity index (χ4n) is 2.71. The SMILES string of the molecule is CCC1CC(C(=O)O)(c2cc(Cl)ccc2N)CCO1. The van der Waals surface area contributed by atoms with E-state index in [9.17, 15) is 9.90 Å². The van der Waals surface area contributed by atoms with E-state index in [0.717, 1.165) is 6.42 Å². The van der Waals surface area contributed by atoms with Crippen LogP contribution in [0.15, 0.2) is 18.2 Å². The Hall–Kier alpha value is -1.26. The van der Waals surface area contributed by atoms with Crippen LogP contribution >= 0.6 is 11.6 Å². The van der Waals surface area contributed by atoms with Gasteiger partial charge in [0.05, 0.1) is 11.5 Å². The zero-order chi connectivity index (χ0) is 14.0. The van der Waals surface area contributed by atoms with Gasteiger partial charge in [-0.2, -0.15) is 0 Å². The molecule has 104 valence electrons. The maximum absolute atomic E-state index is 11.8. The van der Waals surface area contributed by atoms with E-state index >= 15 is 0 Å². The third-order valence-corrected chi connectivity index (χ3v) is 4.09. The number of hydrogen-bond donors (Lipinski definition) is 2. The van der Waals surface area contributed by atoms with Gasteiger partial charge in [-0.05, 0) is 43.0 Å². The van der Waals surface area contributed by atoms with Gasteiger partial charge in [0.1, 0.15) is 0 Å². The summed E-state index contributed by atoms with van der Waals surface area (Å²) in [5.74, 6) is -0.858. The van der Waals surface area contributed by atoms with Crippen molar-refractivity contribution in [1.29, 1.82) is 0 Å². The van der Waals surface area contributed by atoms with Gasteiger partial charge in [0.2, 0.25) is 0 Å². The van der Waals surface area contributed by atoms with Crippen LogP contribution in [0.3, 0.4) is 0 Å². The van der Waals surface area contributed by atoms with Gasteiger partial charge in [-0.3, -0.25) is 4.79 Å². The van der Waals surface area contributed by atoms with Crippen molar-refractivity contribution in [3.63, 3.8) is 0 Å². The van der Waals surface area contributed by atoms with Crippen molar-refractivity contribution in [3.05, 3.63) is 28.8 Å². The van der Waals surface area contributed by atoms with E-state index in [2.05, 4.69) is 0 Å². The first-order valence-corrected chi connectivity index (χ1v) is 6.78. The maximum atomic E-state index is 11.8. The topological polar surface area (TPSA) is 72.5 Å². The van der Waals surface area contributed by atoms with E-state index in [0.29, 0.717) is 35.7 Å². The molecule has 2 unspecified atom stereocenters. The van der Waals surface area contributed by atoms with Crippen LogP contribution in [0.2, 0.25) is 5.02 Å². The van der Waals surface area contributed by atoms with Crippen LogP contribution in [0.25, 0.3) is 0 Å². The molecule has 5 heteroatoms. The second-order valence-electron chi connectivity index (χ2n) is 4.97. The normalized spacial score (nSPS) is 27.2. The summed E-state index contributed by atoms with van der Waals surface area (Å²) in [6.45, 7) is 2.42. The summed E-state index contributed by atoms with van der Waals surface area (Å²) in [6.07, 6.45) is 1.59. The molecule has 19 heavy (non-hydrogen) atoms. The van der Waals surface area contributed by atoms with Crippen molar-refractivity contribution in [2.75, 3.05) is 12.3 Å². The van der Waals surface area contributed by atoms with Gasteiger partial charge >= 0.3 is 5.97 Å². The summed E-state index contributed by atoms with van der Waals surface area (Å²) >= 11 is 5.99. The summed E-state index contributed by atoms with van der Waals surface area (Å²) in [7, 11) is 0. The zero-order valence-electron chi connectivity index (χ0n) is 10.9. The van der Waals surface area contributed by atoms with Crippen molar-refractivity contribution in [2.45, 2.75) is 37.7 Å². The predicted molar refractivity (Wildman–Crippen MR) is 74.4 cm³/mol. The molecule has 1 aliphatic rings. The van der Waals surface area contributed by atoms with E-state index in [1.54, 1.807) is 18.2 Å². The fraction of sp³-hybridized carbons (Fsp3) is 0.500. The highest BCUT2D eigenvalue weighted by molar-refractivity contribution is 6.30. The molecular formula is C14H18ClNO3. The van der Waals surface area contributed by atoms with E-state index < -0.39 is 11.4 Å². The molecule has 1 aliphatic heterocycles. The number of halogens is 1. The van der Waals surface area contributed by atoms with Crippen molar-refractivity contribution in [3.8, 4) is 0 Å². The lowest BCUT2D eigenvalue weighted by atomic mass is 9.71. The first-order valence-electron chi connectivity index (χ1n) is 6.40. The van der Waals surface area contributed by atoms with Gasteiger partial charge in [0.25, 0.3) is 0 Å². The lowest BCUT2D eigenvalue weighted by Crippen LogP contribution is -2.45. The van der Waals surface area contributed by atoms with Crippen molar-refractivity contribution < 1.29 is 14.6 Å². The van der Waals surface area contributed by atoms with Gasteiger partial charge in [0, 0.05) is 17.3 Å². The third kappa shape index (κ3) is 2.55. The van der Waals surface area contributed by atoms with Gasteiger partial charge in [-0.1, -0.05) is 18.5 Å². The van der Waals surface area contributed by atoms with Gasteiger partial charge < -0.3 is 15.6 Å². The molecule has 0 aromatic heterocycles. The minimum Gasteiger partial charge on any atom is -0.481 e. The van der Waals surface area contributed by atoms with Gasteiger partial charge in [-0.25, -0.2) is 0 Å². The van der Waals surface area contributed by atoms with Crippen LogP contribution in [0.1, 0.15) is 31.7 Å². The Kier molecular flexibility index (Phi) is 4.02. The minimum absolute atomic E-state index is 0.0526. The van der Waals surface area contributed by atoms with Gasteiger partial charge in [0.15, 0.2) is 0 Å². The number of carbonyl (C=O) groups is 1. The zero-order valence-corrected chi connectivity index (χ0v) is 11.6. The highest BCUT2D eigenvalue weighted by Gasteiger charge is 2.45. The molecule has 1 aromatic rings. The molecule has 1 heterocycles. The molecule has 0 spiro atoms. The van der Waals surface area contributed by atoms with E-state index in [-0.39, 0.29) is 6.10 Å². The number of ether oxygens (including phenoxy) is 1. The van der Waals surface area contributed by atoms with Crippen molar-refractivity contribution >= 4 is 23.3 Å². The summed E-state index contributed by atoms with van der Waals surface area (Å²) in [5.41, 5.74) is 6.06. The number of carboxylic acids is 1. The molecule has 2 atom stereocenters. The smallest absolute Gasteiger partial charge is 0.314 e. The molecule has 1 fully saturated rings. The predicted octanol–water partition coefficient (Wildman–Crippen LogP) is 2.83. The second kappa shape index (κ2) is 5.39. The first-order chi connectivity index (χ1) is 8.99. The minimum atomic E-state index is -0.992. The highest BCUT2D eigenvalue weighted by atomic mass is 35.5. The molecule has 1 saturated heterocycles. The second-order valence-corrected chi connectivity index (χ2v) is 5.41. The van der Waals surface area contributed by atoms with Crippen molar-refractivity contribution in [2.24, 2.45) is 0 Å². The Morgan fingerprint density at radius 3 is 3.00 bits per heavy atom. The van der Waals surface area contributed by atoms with E-state index in [4.69, 9.17) is 22.1 Å². The van der Waals surface area contributed by atoms with Crippen LogP contribution in [-0.2, 0) is 14.9 Å². The number of hydrogen-bond acceptors (Lipinski definition) is 3. The lowest BCUT2D eigenvalue weighted by Gasteiger charge is -2.38. The molecule has 0 bridgehead atoms. The fourth-order valence-corrected chi connectivity index (χ4v) is 2.88. The highest BCUT2D eigenvalue weighted by Crippen LogP contribution is 2.41. The Labute approximate surface area is 117 Å². The molecule has 2 rings (SSSR count). The Balaban J connectivity index is 2.50. The summed E-state index contributed by atoms with van der Waals surface area (Å²) in [4.78, 5) is 11.8. The van der Waals surface area contributed by atoms with Gasteiger partial charge in [-0.15, -0.1) is 0 Å². The summed E-state index contributed by atoms with van der Waals surface area (Å²) < 4.78 is 5.59. The Morgan fingerprint density at radius 2 is 2.37 bits per heavy atom. The van der Waals surface area contributed by atoms with Crippen LogP contribution in [-0.4, -0.2) is 23.8 Å². The molecule has 0 saturated carbocycles. The number of nitrogens with two attached hydrogens (primary N) is 1. The van der Waals surface area contributed by atoms with Crippen molar-refractivity contribution in [1.82, 2.24) is 0 Å². The Bertz CT molecular complexity index is 492. The molecular weight excluding hydrogens is 266 g/mol. The Morgan fingerprint density at radius 1 is 1.63 bits per heavy atom. The number of nitrogen functional groups attached to an aromatic ring is 1. The average Bonchev–Trinajstić information content (AvgIpc) is 2.41. The van der Waals surface area contributed by atoms with E-state index in [1.807, 2.05) is 6.92 Å². The molecule has 4 nitrogen and oxygen atoms in total. The van der Waals surface area contributed by atoms with Crippen LogP contribution in [0.5, 0.6) is 0 Å². The van der Waals surface area contributed by atoms with Crippen LogP contribution < -0.4 is 5.73 Å². The van der Waals surface area contributed by atoms with Crippen LogP contribution in [0.4, 0.5) is 5.69 Å². The summed E-state index contributed by atoms with van der Waals surface area (Å²) in [6, 6.07) is 5.01.